The predicted octanol–water partition coefficient (Wildman–Crippen LogP) is 4.03. The van der Waals surface area contributed by atoms with E-state index in [-0.39, 0.29) is 4.90 Å². The molecule has 0 fully saturated rings. The van der Waals surface area contributed by atoms with Crippen molar-refractivity contribution in [3.05, 3.63) is 96.6 Å². The van der Waals surface area contributed by atoms with E-state index in [1.807, 2.05) is 72.8 Å². The molecule has 5 heteroatoms. The standard InChI is InChI=1S/C23H19O3PS/c1-17-11-13-22(16-23(17)28(25)26)27(24,20-9-3-2-4-10-20)21-14-12-18-7-5-6-8-19(18)15-21/h2-16H,1H3,(H,25,26)/p-1. The molecule has 0 saturated carbocycles. The molecule has 4 aromatic carbocycles. The second-order valence-corrected chi connectivity index (χ2v) is 10.3. The van der Waals surface area contributed by atoms with Gasteiger partial charge in [-0.3, -0.25) is 4.21 Å². The van der Waals surface area contributed by atoms with E-state index in [2.05, 4.69) is 0 Å². The molecular weight excluding hydrogens is 387 g/mol. The Morgan fingerprint density at radius 1 is 0.714 bits per heavy atom. The highest BCUT2D eigenvalue weighted by Gasteiger charge is 2.30. The van der Waals surface area contributed by atoms with Crippen LogP contribution in [-0.4, -0.2) is 8.76 Å². The van der Waals surface area contributed by atoms with Crippen LogP contribution in [0.1, 0.15) is 5.56 Å². The zero-order valence-electron chi connectivity index (χ0n) is 15.2. The number of hydrogen-bond acceptors (Lipinski definition) is 3. The Hall–Kier alpha value is -2.52. The number of rotatable bonds is 4. The first kappa shape index (κ1) is 18.8. The summed E-state index contributed by atoms with van der Waals surface area (Å²) in [4.78, 5) is 0.175. The first-order valence-corrected chi connectivity index (χ1v) is 11.6. The topological polar surface area (TPSA) is 57.2 Å². The van der Waals surface area contributed by atoms with E-state index in [4.69, 9.17) is 0 Å². The van der Waals surface area contributed by atoms with E-state index in [0.29, 0.717) is 21.5 Å². The molecule has 28 heavy (non-hydrogen) atoms. The van der Waals surface area contributed by atoms with Crippen LogP contribution >= 0.6 is 7.14 Å². The first-order valence-electron chi connectivity index (χ1n) is 8.85. The largest absolute Gasteiger partial charge is 0.768 e. The van der Waals surface area contributed by atoms with Crippen molar-refractivity contribution in [2.45, 2.75) is 11.8 Å². The van der Waals surface area contributed by atoms with Crippen LogP contribution in [0.25, 0.3) is 10.8 Å². The molecular formula is C23H18O3PS-. The second kappa shape index (κ2) is 7.48. The summed E-state index contributed by atoms with van der Waals surface area (Å²) in [5.41, 5.74) is 0.634. The van der Waals surface area contributed by atoms with Crippen molar-refractivity contribution in [2.24, 2.45) is 0 Å². The highest BCUT2D eigenvalue weighted by atomic mass is 32.2. The molecule has 4 rings (SSSR count). The number of aryl methyl sites for hydroxylation is 1. The van der Waals surface area contributed by atoms with Gasteiger partial charge in [-0.15, -0.1) is 0 Å². The van der Waals surface area contributed by atoms with Crippen LogP contribution in [0, 0.1) is 6.92 Å². The highest BCUT2D eigenvalue weighted by Crippen LogP contribution is 2.43. The molecule has 0 aliphatic rings. The monoisotopic (exact) mass is 405 g/mol. The smallest absolute Gasteiger partial charge is 0.171 e. The molecule has 0 amide bonds. The summed E-state index contributed by atoms with van der Waals surface area (Å²) in [5.74, 6) is 0. The molecule has 0 heterocycles. The Bertz CT molecular complexity index is 1240. The van der Waals surface area contributed by atoms with E-state index in [9.17, 15) is 13.3 Å². The normalized spacial score (nSPS) is 14.5. The molecule has 0 aliphatic heterocycles. The van der Waals surface area contributed by atoms with Crippen LogP contribution in [0.15, 0.2) is 95.9 Å². The Kier molecular flexibility index (Phi) is 5.03. The molecule has 0 N–H and O–H groups in total. The SMILES string of the molecule is Cc1ccc(P(=O)(c2ccccc2)c2ccc3ccccc3c2)cc1S(=O)[O-]. The van der Waals surface area contributed by atoms with E-state index in [1.165, 1.54) is 0 Å². The minimum absolute atomic E-state index is 0.175. The lowest BCUT2D eigenvalue weighted by Gasteiger charge is -2.22. The summed E-state index contributed by atoms with van der Waals surface area (Å²) in [7, 11) is -3.24. The summed E-state index contributed by atoms with van der Waals surface area (Å²) in [5, 5.41) is 3.94. The average Bonchev–Trinajstić information content (AvgIpc) is 2.73. The van der Waals surface area contributed by atoms with Gasteiger partial charge >= 0.3 is 0 Å². The third-order valence-electron chi connectivity index (χ3n) is 4.93. The maximum absolute atomic E-state index is 14.5. The van der Waals surface area contributed by atoms with Gasteiger partial charge in [0.15, 0.2) is 7.14 Å². The molecule has 4 aromatic rings. The molecule has 140 valence electrons. The van der Waals surface area contributed by atoms with Gasteiger partial charge in [0.2, 0.25) is 0 Å². The third kappa shape index (κ3) is 3.24. The minimum atomic E-state index is -3.24. The van der Waals surface area contributed by atoms with E-state index in [0.717, 1.165) is 10.8 Å². The van der Waals surface area contributed by atoms with E-state index in [1.54, 1.807) is 25.1 Å². The third-order valence-corrected chi connectivity index (χ3v) is 8.77. The summed E-state index contributed by atoms with van der Waals surface area (Å²) >= 11 is -2.39. The average molecular weight is 405 g/mol. The molecule has 0 aromatic heterocycles. The van der Waals surface area contributed by atoms with Crippen molar-refractivity contribution in [1.29, 1.82) is 0 Å². The van der Waals surface area contributed by atoms with E-state index >= 15 is 0 Å². The first-order chi connectivity index (χ1) is 13.5. The fourth-order valence-electron chi connectivity index (χ4n) is 3.42. The minimum Gasteiger partial charge on any atom is -0.768 e. The van der Waals surface area contributed by atoms with Gasteiger partial charge in [0.25, 0.3) is 0 Å². The van der Waals surface area contributed by atoms with Crippen LogP contribution in [0.5, 0.6) is 0 Å². The molecule has 0 aliphatic carbocycles. The van der Waals surface area contributed by atoms with E-state index < -0.39 is 18.2 Å². The highest BCUT2D eigenvalue weighted by molar-refractivity contribution is 7.85. The molecule has 3 nitrogen and oxygen atoms in total. The fourth-order valence-corrected chi connectivity index (χ4v) is 6.75. The van der Waals surface area contributed by atoms with Gasteiger partial charge in [-0.2, -0.15) is 0 Å². The van der Waals surface area contributed by atoms with Gasteiger partial charge in [-0.25, -0.2) is 0 Å². The van der Waals surface area contributed by atoms with Gasteiger partial charge in [0, 0.05) is 20.8 Å². The Balaban J connectivity index is 2.02. The number of fused-ring (bicyclic) bond motifs is 1. The zero-order chi connectivity index (χ0) is 19.7. The fraction of sp³-hybridized carbons (Fsp3) is 0.0435. The molecule has 0 spiro atoms. The van der Waals surface area contributed by atoms with Gasteiger partial charge in [0.05, 0.1) is 0 Å². The summed E-state index contributed by atoms with van der Waals surface area (Å²) < 4.78 is 37.9. The summed E-state index contributed by atoms with van der Waals surface area (Å²) in [6.45, 7) is 1.73. The Labute approximate surface area is 166 Å². The number of benzene rings is 4. The van der Waals surface area contributed by atoms with Crippen LogP contribution in [0.4, 0.5) is 0 Å². The van der Waals surface area contributed by atoms with Crippen molar-refractivity contribution >= 4 is 44.9 Å². The quantitative estimate of drug-likeness (QED) is 0.381. The van der Waals surface area contributed by atoms with Crippen LogP contribution in [0.3, 0.4) is 0 Å². The lowest BCUT2D eigenvalue weighted by molar-refractivity contribution is 0.536. The summed E-state index contributed by atoms with van der Waals surface area (Å²) in [6.07, 6.45) is 0. The van der Waals surface area contributed by atoms with Crippen molar-refractivity contribution in [3.63, 3.8) is 0 Å². The van der Waals surface area contributed by atoms with Crippen molar-refractivity contribution in [1.82, 2.24) is 0 Å². The zero-order valence-corrected chi connectivity index (χ0v) is 17.0. The predicted molar refractivity (Wildman–Crippen MR) is 115 cm³/mol. The van der Waals surface area contributed by atoms with Gasteiger partial charge in [0.1, 0.15) is 0 Å². The van der Waals surface area contributed by atoms with Crippen LogP contribution in [0.2, 0.25) is 0 Å². The van der Waals surface area contributed by atoms with Crippen molar-refractivity contribution in [2.75, 3.05) is 0 Å². The van der Waals surface area contributed by atoms with Gasteiger partial charge in [-0.05, 0) is 46.5 Å². The van der Waals surface area contributed by atoms with Crippen molar-refractivity contribution < 1.29 is 13.3 Å². The molecule has 0 saturated heterocycles. The van der Waals surface area contributed by atoms with Gasteiger partial charge in [-0.1, -0.05) is 78.9 Å². The number of hydrogen-bond donors (Lipinski definition) is 0. The molecule has 2 unspecified atom stereocenters. The molecule has 2 atom stereocenters. The second-order valence-electron chi connectivity index (χ2n) is 6.66. The Morgan fingerprint density at radius 2 is 1.32 bits per heavy atom. The van der Waals surface area contributed by atoms with Gasteiger partial charge < -0.3 is 9.12 Å². The van der Waals surface area contributed by atoms with Crippen molar-refractivity contribution in [3.8, 4) is 0 Å². The lowest BCUT2D eigenvalue weighted by Crippen LogP contribution is -2.25. The molecule has 0 radical (unpaired) electrons. The van der Waals surface area contributed by atoms with Crippen LogP contribution in [-0.2, 0) is 15.6 Å². The maximum Gasteiger partial charge on any atom is 0.171 e. The maximum atomic E-state index is 14.5. The molecule has 0 bridgehead atoms. The lowest BCUT2D eigenvalue weighted by atomic mass is 10.1. The Morgan fingerprint density at radius 3 is 2.04 bits per heavy atom. The van der Waals surface area contributed by atoms with Crippen LogP contribution < -0.4 is 15.9 Å². The summed E-state index contributed by atoms with van der Waals surface area (Å²) in [6, 6.07) is 28.0.